The first-order valence-corrected chi connectivity index (χ1v) is 6.97. The van der Waals surface area contributed by atoms with Crippen LogP contribution in [0.15, 0.2) is 0 Å². The highest BCUT2D eigenvalue weighted by Gasteiger charge is 2.29. The maximum Gasteiger partial charge on any atom is 0.131 e. The van der Waals surface area contributed by atoms with E-state index < -0.39 is 0 Å². The molecule has 0 spiro atoms. The quantitative estimate of drug-likeness (QED) is 0.812. The molecule has 5 nitrogen and oxygen atoms in total. The highest BCUT2D eigenvalue weighted by atomic mass is 16.3. The second-order valence-electron chi connectivity index (χ2n) is 6.20. The van der Waals surface area contributed by atoms with Crippen molar-refractivity contribution >= 4 is 5.82 Å². The van der Waals surface area contributed by atoms with Crippen LogP contribution in [0.3, 0.4) is 0 Å². The van der Waals surface area contributed by atoms with Crippen LogP contribution in [0.1, 0.15) is 37.9 Å². The minimum absolute atomic E-state index is 0.114. The fraction of sp³-hybridized carbons (Fsp3) is 0.786. The SMILES string of the molecule is Cc1nn(C)c(N(C)C(C)(C)CO)c1CNC1CC1. The maximum atomic E-state index is 9.56. The predicted octanol–water partition coefficient (Wildman–Crippen LogP) is 1.19. The molecule has 0 aliphatic heterocycles. The Bertz CT molecular complexity index is 449. The average Bonchev–Trinajstić information content (AvgIpc) is 3.12. The Hall–Kier alpha value is -1.07. The van der Waals surface area contributed by atoms with Crippen molar-refractivity contribution < 1.29 is 5.11 Å². The van der Waals surface area contributed by atoms with Crippen LogP contribution < -0.4 is 10.2 Å². The zero-order valence-corrected chi connectivity index (χ0v) is 12.7. The molecule has 5 heteroatoms. The van der Waals surface area contributed by atoms with E-state index in [9.17, 15) is 5.11 Å². The summed E-state index contributed by atoms with van der Waals surface area (Å²) in [6.07, 6.45) is 2.57. The van der Waals surface area contributed by atoms with E-state index in [2.05, 4.69) is 15.3 Å². The molecule has 2 N–H and O–H groups in total. The van der Waals surface area contributed by atoms with Crippen molar-refractivity contribution in [3.63, 3.8) is 0 Å². The van der Waals surface area contributed by atoms with E-state index in [0.717, 1.165) is 18.1 Å². The molecular weight excluding hydrogens is 240 g/mol. The van der Waals surface area contributed by atoms with Crippen molar-refractivity contribution in [3.05, 3.63) is 11.3 Å². The van der Waals surface area contributed by atoms with Gasteiger partial charge < -0.3 is 15.3 Å². The van der Waals surface area contributed by atoms with Gasteiger partial charge in [0.25, 0.3) is 0 Å². The lowest BCUT2D eigenvalue weighted by Gasteiger charge is -2.36. The first-order valence-electron chi connectivity index (χ1n) is 6.97. The van der Waals surface area contributed by atoms with Crippen LogP contribution in [0.4, 0.5) is 5.82 Å². The molecule has 1 aliphatic rings. The summed E-state index contributed by atoms with van der Waals surface area (Å²) in [4.78, 5) is 2.12. The molecule has 0 bridgehead atoms. The molecule has 0 aromatic carbocycles. The van der Waals surface area contributed by atoms with Crippen molar-refractivity contribution in [3.8, 4) is 0 Å². The fourth-order valence-corrected chi connectivity index (χ4v) is 2.24. The summed E-state index contributed by atoms with van der Waals surface area (Å²) >= 11 is 0. The van der Waals surface area contributed by atoms with Gasteiger partial charge >= 0.3 is 0 Å². The van der Waals surface area contributed by atoms with Gasteiger partial charge in [-0.2, -0.15) is 5.10 Å². The lowest BCUT2D eigenvalue weighted by molar-refractivity contribution is 0.215. The van der Waals surface area contributed by atoms with Crippen LogP contribution in [-0.2, 0) is 13.6 Å². The Morgan fingerprint density at radius 1 is 1.47 bits per heavy atom. The summed E-state index contributed by atoms with van der Waals surface area (Å²) in [7, 11) is 3.99. The van der Waals surface area contributed by atoms with E-state index in [0.29, 0.717) is 6.04 Å². The Labute approximate surface area is 115 Å². The highest BCUT2D eigenvalue weighted by molar-refractivity contribution is 5.51. The molecule has 2 rings (SSSR count). The maximum absolute atomic E-state index is 9.56. The molecule has 1 aromatic heterocycles. The minimum Gasteiger partial charge on any atom is -0.394 e. The van der Waals surface area contributed by atoms with Gasteiger partial charge in [0, 0.05) is 32.2 Å². The van der Waals surface area contributed by atoms with Gasteiger partial charge in [0.05, 0.1) is 17.8 Å². The average molecular weight is 266 g/mol. The Morgan fingerprint density at radius 2 is 2.11 bits per heavy atom. The zero-order chi connectivity index (χ0) is 14.2. The van der Waals surface area contributed by atoms with Gasteiger partial charge in [-0.05, 0) is 33.6 Å². The van der Waals surface area contributed by atoms with E-state index in [1.165, 1.54) is 18.4 Å². The summed E-state index contributed by atoms with van der Waals surface area (Å²) in [5, 5.41) is 17.6. The number of hydrogen-bond donors (Lipinski definition) is 2. The number of nitrogens with zero attached hydrogens (tertiary/aromatic N) is 3. The lowest BCUT2D eigenvalue weighted by atomic mass is 10.0. The number of aromatic nitrogens is 2. The topological polar surface area (TPSA) is 53.3 Å². The van der Waals surface area contributed by atoms with Crippen LogP contribution in [0.5, 0.6) is 0 Å². The number of likely N-dealkylation sites (N-methyl/N-ethyl adjacent to an activating group) is 1. The molecule has 19 heavy (non-hydrogen) atoms. The van der Waals surface area contributed by atoms with Crippen LogP contribution in [-0.4, -0.2) is 40.1 Å². The molecule has 0 saturated heterocycles. The number of nitrogens with one attached hydrogen (secondary N) is 1. The van der Waals surface area contributed by atoms with Gasteiger partial charge in [-0.25, -0.2) is 0 Å². The summed E-state index contributed by atoms with van der Waals surface area (Å²) in [5.41, 5.74) is 2.00. The molecule has 1 saturated carbocycles. The van der Waals surface area contributed by atoms with E-state index >= 15 is 0 Å². The Balaban J connectivity index is 2.26. The smallest absolute Gasteiger partial charge is 0.131 e. The van der Waals surface area contributed by atoms with Crippen LogP contribution in [0.2, 0.25) is 0 Å². The standard InChI is InChI=1S/C14H26N4O/c1-10-12(8-15-11-6-7-11)13(18(5)16-10)17(4)14(2,3)9-19/h11,15,19H,6-9H2,1-5H3. The number of anilines is 1. The summed E-state index contributed by atoms with van der Waals surface area (Å²) in [6, 6.07) is 0.684. The summed E-state index contributed by atoms with van der Waals surface area (Å²) < 4.78 is 1.91. The molecule has 108 valence electrons. The first-order chi connectivity index (χ1) is 8.86. The van der Waals surface area contributed by atoms with Crippen LogP contribution in [0, 0.1) is 6.92 Å². The second kappa shape index (κ2) is 5.13. The van der Waals surface area contributed by atoms with Crippen LogP contribution >= 0.6 is 0 Å². The van der Waals surface area contributed by atoms with Crippen molar-refractivity contribution in [2.75, 3.05) is 18.6 Å². The minimum atomic E-state index is -0.297. The van der Waals surface area contributed by atoms with E-state index in [4.69, 9.17) is 0 Å². The van der Waals surface area contributed by atoms with Crippen molar-refractivity contribution in [2.45, 2.75) is 51.7 Å². The van der Waals surface area contributed by atoms with Gasteiger partial charge in [-0.15, -0.1) is 0 Å². The van der Waals surface area contributed by atoms with E-state index in [-0.39, 0.29) is 12.1 Å². The number of rotatable bonds is 6. The molecule has 0 radical (unpaired) electrons. The third-order valence-electron chi connectivity index (χ3n) is 4.07. The number of aryl methyl sites for hydroxylation is 2. The largest absolute Gasteiger partial charge is 0.394 e. The molecule has 1 aliphatic carbocycles. The van der Waals surface area contributed by atoms with Crippen molar-refractivity contribution in [2.24, 2.45) is 7.05 Å². The molecule has 1 heterocycles. The second-order valence-corrected chi connectivity index (χ2v) is 6.20. The third-order valence-corrected chi connectivity index (χ3v) is 4.07. The van der Waals surface area contributed by atoms with Gasteiger partial charge in [0.15, 0.2) is 0 Å². The van der Waals surface area contributed by atoms with Crippen molar-refractivity contribution in [1.29, 1.82) is 0 Å². The molecule has 0 unspecified atom stereocenters. The Kier molecular flexibility index (Phi) is 3.87. The number of aliphatic hydroxyl groups excluding tert-OH is 1. The van der Waals surface area contributed by atoms with Crippen molar-refractivity contribution in [1.82, 2.24) is 15.1 Å². The summed E-state index contributed by atoms with van der Waals surface area (Å²) in [5.74, 6) is 1.09. The summed E-state index contributed by atoms with van der Waals surface area (Å²) in [6.45, 7) is 7.09. The Morgan fingerprint density at radius 3 is 2.63 bits per heavy atom. The van der Waals surface area contributed by atoms with Gasteiger partial charge in [-0.1, -0.05) is 0 Å². The molecule has 0 amide bonds. The van der Waals surface area contributed by atoms with E-state index in [1.807, 2.05) is 39.5 Å². The molecule has 1 aromatic rings. The molecule has 0 atom stereocenters. The third kappa shape index (κ3) is 2.92. The predicted molar refractivity (Wildman–Crippen MR) is 77.4 cm³/mol. The zero-order valence-electron chi connectivity index (χ0n) is 12.7. The fourth-order valence-electron chi connectivity index (χ4n) is 2.24. The first kappa shape index (κ1) is 14.3. The van der Waals surface area contributed by atoms with Gasteiger partial charge in [0.1, 0.15) is 5.82 Å². The lowest BCUT2D eigenvalue weighted by Crippen LogP contribution is -2.45. The monoisotopic (exact) mass is 266 g/mol. The van der Waals surface area contributed by atoms with Gasteiger partial charge in [-0.3, -0.25) is 4.68 Å². The van der Waals surface area contributed by atoms with Gasteiger partial charge in [0.2, 0.25) is 0 Å². The van der Waals surface area contributed by atoms with E-state index in [1.54, 1.807) is 0 Å². The normalized spacial score (nSPS) is 15.9. The number of aliphatic hydroxyl groups is 1. The highest BCUT2D eigenvalue weighted by Crippen LogP contribution is 2.29. The molecular formula is C14H26N4O. The van der Waals surface area contributed by atoms with Crippen LogP contribution in [0.25, 0.3) is 0 Å². The number of hydrogen-bond acceptors (Lipinski definition) is 4. The molecule has 1 fully saturated rings.